The van der Waals surface area contributed by atoms with Crippen LogP contribution in [0.1, 0.15) is 10.4 Å². The molecule has 2 N–H and O–H groups in total. The molecule has 0 spiro atoms. The minimum atomic E-state index is 0.0233. The number of nitrogens with one attached hydrogen (secondary N) is 2. The Bertz CT molecular complexity index is 615. The van der Waals surface area contributed by atoms with E-state index in [0.29, 0.717) is 18.1 Å². The van der Waals surface area contributed by atoms with E-state index in [9.17, 15) is 4.79 Å². The van der Waals surface area contributed by atoms with Gasteiger partial charge in [0.1, 0.15) is 6.54 Å². The smallest absolute Gasteiger partial charge is 0.275 e. The fourth-order valence-corrected chi connectivity index (χ4v) is 3.41. The van der Waals surface area contributed by atoms with Gasteiger partial charge in [0.15, 0.2) is 6.54 Å². The molecule has 0 aliphatic carbocycles. The summed E-state index contributed by atoms with van der Waals surface area (Å²) in [6.07, 6.45) is 0. The SMILES string of the molecule is C[NH+](CC(=O)NCc1cccc(Cl)c1)Cc1ccc(Cl)s1. The van der Waals surface area contributed by atoms with Crippen molar-refractivity contribution in [3.63, 3.8) is 0 Å². The molecule has 1 unspecified atom stereocenters. The zero-order valence-electron chi connectivity index (χ0n) is 11.7. The third-order valence-corrected chi connectivity index (χ3v) is 4.41. The maximum Gasteiger partial charge on any atom is 0.275 e. The molecule has 1 aromatic heterocycles. The Morgan fingerprint density at radius 2 is 2.10 bits per heavy atom. The Morgan fingerprint density at radius 3 is 2.76 bits per heavy atom. The van der Waals surface area contributed by atoms with Crippen molar-refractivity contribution in [3.8, 4) is 0 Å². The van der Waals surface area contributed by atoms with Gasteiger partial charge in [-0.15, -0.1) is 11.3 Å². The molecule has 2 aromatic rings. The van der Waals surface area contributed by atoms with Gasteiger partial charge in [-0.3, -0.25) is 4.79 Å². The summed E-state index contributed by atoms with van der Waals surface area (Å²) in [5, 5.41) is 3.59. The van der Waals surface area contributed by atoms with Crippen LogP contribution in [-0.4, -0.2) is 19.5 Å². The summed E-state index contributed by atoms with van der Waals surface area (Å²) >= 11 is 13.4. The van der Waals surface area contributed by atoms with E-state index in [0.717, 1.165) is 21.3 Å². The molecule has 0 aliphatic heterocycles. The van der Waals surface area contributed by atoms with Crippen molar-refractivity contribution in [1.29, 1.82) is 0 Å². The van der Waals surface area contributed by atoms with Crippen molar-refractivity contribution < 1.29 is 9.69 Å². The van der Waals surface area contributed by atoms with Crippen molar-refractivity contribution in [2.75, 3.05) is 13.6 Å². The Kier molecular flexibility index (Phi) is 6.06. The lowest BCUT2D eigenvalue weighted by Crippen LogP contribution is -3.08. The summed E-state index contributed by atoms with van der Waals surface area (Å²) in [4.78, 5) is 14.2. The molecule has 0 fully saturated rings. The molecule has 6 heteroatoms. The van der Waals surface area contributed by atoms with Crippen molar-refractivity contribution in [2.24, 2.45) is 0 Å². The Morgan fingerprint density at radius 1 is 1.29 bits per heavy atom. The minimum absolute atomic E-state index is 0.0233. The fourth-order valence-electron chi connectivity index (χ4n) is 1.99. The number of quaternary nitrogens is 1. The van der Waals surface area contributed by atoms with Gasteiger partial charge < -0.3 is 10.2 Å². The summed E-state index contributed by atoms with van der Waals surface area (Å²) in [7, 11) is 1.99. The van der Waals surface area contributed by atoms with E-state index in [1.807, 2.05) is 43.4 Å². The topological polar surface area (TPSA) is 33.5 Å². The maximum absolute atomic E-state index is 11.9. The second kappa shape index (κ2) is 7.80. The number of hydrogen-bond donors (Lipinski definition) is 2. The van der Waals surface area contributed by atoms with Crippen LogP contribution in [0, 0.1) is 0 Å². The Labute approximate surface area is 138 Å². The molecule has 3 nitrogen and oxygen atoms in total. The summed E-state index contributed by atoms with van der Waals surface area (Å²) in [6, 6.07) is 11.4. The highest BCUT2D eigenvalue weighted by Crippen LogP contribution is 2.20. The standard InChI is InChI=1S/C15H16Cl2N2OS/c1-19(9-13-5-6-14(17)21-13)10-15(20)18-8-11-3-2-4-12(16)7-11/h2-7H,8-10H2,1H3,(H,18,20)/p+1. The molecule has 2 rings (SSSR count). The zero-order chi connectivity index (χ0) is 15.2. The molecule has 0 bridgehead atoms. The van der Waals surface area contributed by atoms with Crippen molar-refractivity contribution in [3.05, 3.63) is 56.2 Å². The molecule has 1 aromatic carbocycles. The molecular weight excluding hydrogens is 327 g/mol. The van der Waals surface area contributed by atoms with Crippen LogP contribution in [0.25, 0.3) is 0 Å². The van der Waals surface area contributed by atoms with Gasteiger partial charge in [0.2, 0.25) is 0 Å². The maximum atomic E-state index is 11.9. The molecule has 0 saturated carbocycles. The highest BCUT2D eigenvalue weighted by Gasteiger charge is 2.11. The van der Waals surface area contributed by atoms with Crippen molar-refractivity contribution in [1.82, 2.24) is 5.32 Å². The lowest BCUT2D eigenvalue weighted by atomic mass is 10.2. The van der Waals surface area contributed by atoms with E-state index in [1.54, 1.807) is 11.3 Å². The molecule has 1 atom stereocenters. The van der Waals surface area contributed by atoms with Crippen LogP contribution >= 0.6 is 34.5 Å². The Balaban J connectivity index is 1.76. The first kappa shape index (κ1) is 16.3. The van der Waals surface area contributed by atoms with Gasteiger partial charge in [0.05, 0.1) is 16.3 Å². The number of halogens is 2. The number of hydrogen-bond acceptors (Lipinski definition) is 2. The molecule has 1 heterocycles. The first-order valence-corrected chi connectivity index (χ1v) is 8.17. The highest BCUT2D eigenvalue weighted by molar-refractivity contribution is 7.16. The number of likely N-dealkylation sites (N-methyl/N-ethyl adjacent to an activating group) is 1. The lowest BCUT2D eigenvalue weighted by Gasteiger charge is -2.13. The number of carbonyl (C=O) groups excluding carboxylic acids is 1. The number of amides is 1. The van der Waals surface area contributed by atoms with Crippen molar-refractivity contribution in [2.45, 2.75) is 13.1 Å². The fraction of sp³-hybridized carbons (Fsp3) is 0.267. The molecular formula is C15H17Cl2N2OS+. The van der Waals surface area contributed by atoms with Crippen LogP contribution in [0.4, 0.5) is 0 Å². The van der Waals surface area contributed by atoms with E-state index >= 15 is 0 Å². The van der Waals surface area contributed by atoms with Gasteiger partial charge in [-0.1, -0.05) is 35.3 Å². The second-order valence-electron chi connectivity index (χ2n) is 4.92. The van der Waals surface area contributed by atoms with Crippen LogP contribution in [-0.2, 0) is 17.9 Å². The molecule has 0 aliphatic rings. The van der Waals surface area contributed by atoms with Crippen LogP contribution in [0.15, 0.2) is 36.4 Å². The second-order valence-corrected chi connectivity index (χ2v) is 7.16. The van der Waals surface area contributed by atoms with Crippen molar-refractivity contribution >= 4 is 40.4 Å². The first-order valence-electron chi connectivity index (χ1n) is 6.59. The van der Waals surface area contributed by atoms with Gasteiger partial charge in [0, 0.05) is 11.6 Å². The number of thiophene rings is 1. The third kappa shape index (κ3) is 5.67. The first-order chi connectivity index (χ1) is 10.0. The third-order valence-electron chi connectivity index (χ3n) is 2.95. The summed E-state index contributed by atoms with van der Waals surface area (Å²) in [6.45, 7) is 1.72. The zero-order valence-corrected chi connectivity index (χ0v) is 14.0. The van der Waals surface area contributed by atoms with Gasteiger partial charge in [-0.25, -0.2) is 0 Å². The molecule has 0 radical (unpaired) electrons. The Hall–Kier alpha value is -1.07. The van der Waals surface area contributed by atoms with E-state index < -0.39 is 0 Å². The van der Waals surface area contributed by atoms with Gasteiger partial charge in [-0.05, 0) is 29.8 Å². The number of carbonyl (C=O) groups is 1. The van der Waals surface area contributed by atoms with E-state index in [2.05, 4.69) is 5.32 Å². The molecule has 0 saturated heterocycles. The number of benzene rings is 1. The largest absolute Gasteiger partial charge is 0.347 e. The van der Waals surface area contributed by atoms with E-state index in [-0.39, 0.29) is 5.91 Å². The predicted molar refractivity (Wildman–Crippen MR) is 88.1 cm³/mol. The molecule has 112 valence electrons. The number of rotatable bonds is 6. The van der Waals surface area contributed by atoms with Gasteiger partial charge in [-0.2, -0.15) is 0 Å². The normalized spacial score (nSPS) is 12.1. The van der Waals surface area contributed by atoms with E-state index in [4.69, 9.17) is 23.2 Å². The van der Waals surface area contributed by atoms with Crippen LogP contribution in [0.5, 0.6) is 0 Å². The average Bonchev–Trinajstić information content (AvgIpc) is 2.81. The quantitative estimate of drug-likeness (QED) is 0.829. The average molecular weight is 344 g/mol. The monoisotopic (exact) mass is 343 g/mol. The minimum Gasteiger partial charge on any atom is -0.347 e. The predicted octanol–water partition coefficient (Wildman–Crippen LogP) is 2.39. The lowest BCUT2D eigenvalue weighted by molar-refractivity contribution is -0.885. The summed E-state index contributed by atoms with van der Waals surface area (Å²) < 4.78 is 0.781. The van der Waals surface area contributed by atoms with Gasteiger partial charge in [0.25, 0.3) is 5.91 Å². The molecule has 1 amide bonds. The summed E-state index contributed by atoms with van der Waals surface area (Å²) in [5.41, 5.74) is 0.999. The van der Waals surface area contributed by atoms with Crippen LogP contribution in [0.2, 0.25) is 9.36 Å². The van der Waals surface area contributed by atoms with Gasteiger partial charge >= 0.3 is 0 Å². The van der Waals surface area contributed by atoms with Crippen LogP contribution < -0.4 is 10.2 Å². The molecule has 21 heavy (non-hydrogen) atoms. The summed E-state index contributed by atoms with van der Waals surface area (Å²) in [5.74, 6) is 0.0233. The van der Waals surface area contributed by atoms with Crippen LogP contribution in [0.3, 0.4) is 0 Å². The van der Waals surface area contributed by atoms with E-state index in [1.165, 1.54) is 4.88 Å². The highest BCUT2D eigenvalue weighted by atomic mass is 35.5.